The first-order valence-electron chi connectivity index (χ1n) is 8.26. The fraction of sp³-hybridized carbons (Fsp3) is 0.263. The van der Waals surface area contributed by atoms with E-state index < -0.39 is 0 Å². The number of ether oxygens (including phenoxy) is 1. The molecule has 1 aliphatic carbocycles. The number of nitrogens with zero attached hydrogens (tertiary/aromatic N) is 3. The van der Waals surface area contributed by atoms with E-state index in [1.807, 2.05) is 42.5 Å². The van der Waals surface area contributed by atoms with Crippen LogP contribution in [0.4, 0.5) is 5.13 Å². The molecule has 1 saturated carbocycles. The summed E-state index contributed by atoms with van der Waals surface area (Å²) in [5.41, 5.74) is 2.12. The van der Waals surface area contributed by atoms with Crippen molar-refractivity contribution in [2.75, 3.05) is 12.0 Å². The van der Waals surface area contributed by atoms with Crippen LogP contribution < -0.4 is 9.64 Å². The molecular weight excluding hydrogens is 334 g/mol. The third kappa shape index (κ3) is 3.44. The lowest BCUT2D eigenvalue weighted by molar-refractivity contribution is 0.373. The third-order valence-corrected chi connectivity index (χ3v) is 5.03. The summed E-state index contributed by atoms with van der Waals surface area (Å²) in [5.74, 6) is 1.43. The summed E-state index contributed by atoms with van der Waals surface area (Å²) in [6, 6.07) is 16.0. The summed E-state index contributed by atoms with van der Waals surface area (Å²) in [6.07, 6.45) is 2.35. The van der Waals surface area contributed by atoms with Gasteiger partial charge in [-0.25, -0.2) is 0 Å². The first kappa shape index (κ1) is 15.9. The van der Waals surface area contributed by atoms with Crippen LogP contribution in [0, 0.1) is 0 Å². The molecule has 1 aromatic heterocycles. The number of aromatic nitrogens is 2. The molecule has 5 nitrogen and oxygen atoms in total. The highest BCUT2D eigenvalue weighted by molar-refractivity contribution is 7.09. The van der Waals surface area contributed by atoms with Gasteiger partial charge in [-0.05, 0) is 30.5 Å². The Labute approximate surface area is 150 Å². The first-order valence-corrected chi connectivity index (χ1v) is 9.03. The van der Waals surface area contributed by atoms with E-state index in [1.54, 1.807) is 13.2 Å². The molecule has 1 aliphatic rings. The van der Waals surface area contributed by atoms with Crippen molar-refractivity contribution in [2.24, 2.45) is 0 Å². The number of phenols is 1. The van der Waals surface area contributed by atoms with Crippen LogP contribution in [0.15, 0.2) is 48.5 Å². The monoisotopic (exact) mass is 353 g/mol. The van der Waals surface area contributed by atoms with Crippen LogP contribution in [0.2, 0.25) is 0 Å². The van der Waals surface area contributed by atoms with E-state index in [0.29, 0.717) is 11.8 Å². The highest BCUT2D eigenvalue weighted by atomic mass is 32.1. The number of hydrogen-bond acceptors (Lipinski definition) is 6. The number of aromatic hydroxyl groups is 1. The maximum atomic E-state index is 9.78. The second-order valence-corrected chi connectivity index (χ2v) is 6.86. The normalized spacial score (nSPS) is 13.6. The summed E-state index contributed by atoms with van der Waals surface area (Å²) in [6.45, 7) is 0.727. The predicted molar refractivity (Wildman–Crippen MR) is 99.2 cm³/mol. The van der Waals surface area contributed by atoms with E-state index in [9.17, 15) is 5.11 Å². The standard InChI is InChI=1S/C19H19N3O2S/c1-24-17-11-13(7-10-16(17)23)12-22(15-8-9-15)19-20-18(21-25-19)14-5-3-2-4-6-14/h2-7,10-11,15,23H,8-9,12H2,1H3. The molecule has 1 N–H and O–H groups in total. The van der Waals surface area contributed by atoms with Crippen molar-refractivity contribution in [2.45, 2.75) is 25.4 Å². The van der Waals surface area contributed by atoms with Gasteiger partial charge in [0.1, 0.15) is 0 Å². The van der Waals surface area contributed by atoms with Gasteiger partial charge < -0.3 is 14.7 Å². The van der Waals surface area contributed by atoms with Gasteiger partial charge in [0, 0.05) is 29.7 Å². The van der Waals surface area contributed by atoms with Crippen LogP contribution in [0.1, 0.15) is 18.4 Å². The molecule has 25 heavy (non-hydrogen) atoms. The topological polar surface area (TPSA) is 58.5 Å². The van der Waals surface area contributed by atoms with Crippen LogP contribution >= 0.6 is 11.5 Å². The molecule has 0 unspecified atom stereocenters. The van der Waals surface area contributed by atoms with Crippen molar-refractivity contribution in [1.29, 1.82) is 0 Å². The van der Waals surface area contributed by atoms with Crippen LogP contribution in [0.25, 0.3) is 11.4 Å². The molecule has 3 aromatic rings. The van der Waals surface area contributed by atoms with Crippen molar-refractivity contribution in [3.05, 3.63) is 54.1 Å². The van der Waals surface area contributed by atoms with Gasteiger partial charge in [0.15, 0.2) is 17.3 Å². The zero-order valence-corrected chi connectivity index (χ0v) is 14.7. The maximum absolute atomic E-state index is 9.78. The second-order valence-electron chi connectivity index (χ2n) is 6.13. The third-order valence-electron chi connectivity index (χ3n) is 4.28. The van der Waals surface area contributed by atoms with Crippen LogP contribution in [0.3, 0.4) is 0 Å². The lowest BCUT2D eigenvalue weighted by Crippen LogP contribution is -2.24. The molecule has 0 atom stereocenters. The quantitative estimate of drug-likeness (QED) is 0.723. The number of hydrogen-bond donors (Lipinski definition) is 1. The summed E-state index contributed by atoms with van der Waals surface area (Å²) in [4.78, 5) is 7.05. The summed E-state index contributed by atoms with van der Waals surface area (Å²) < 4.78 is 9.75. The minimum Gasteiger partial charge on any atom is -0.504 e. The van der Waals surface area contributed by atoms with Crippen molar-refractivity contribution >= 4 is 16.7 Å². The zero-order chi connectivity index (χ0) is 17.2. The predicted octanol–water partition coefficient (Wildman–Crippen LogP) is 4.09. The fourth-order valence-corrected chi connectivity index (χ4v) is 3.55. The van der Waals surface area contributed by atoms with Crippen molar-refractivity contribution < 1.29 is 9.84 Å². The molecule has 1 heterocycles. The number of phenolic OH excluding ortho intramolecular Hbond substituents is 1. The molecule has 1 fully saturated rings. The Balaban J connectivity index is 1.59. The summed E-state index contributed by atoms with van der Waals surface area (Å²) >= 11 is 1.44. The lowest BCUT2D eigenvalue weighted by atomic mass is 10.2. The molecular formula is C19H19N3O2S. The molecule has 0 bridgehead atoms. The average molecular weight is 353 g/mol. The molecule has 2 aromatic carbocycles. The molecule has 6 heteroatoms. The Morgan fingerprint density at radius 1 is 1.20 bits per heavy atom. The van der Waals surface area contributed by atoms with Crippen LogP contribution in [-0.2, 0) is 6.54 Å². The Morgan fingerprint density at radius 3 is 2.72 bits per heavy atom. The molecule has 0 aliphatic heterocycles. The van der Waals surface area contributed by atoms with Gasteiger partial charge in [0.25, 0.3) is 0 Å². The van der Waals surface area contributed by atoms with Crippen molar-refractivity contribution in [3.63, 3.8) is 0 Å². The van der Waals surface area contributed by atoms with Gasteiger partial charge in [-0.15, -0.1) is 0 Å². The number of anilines is 1. The Morgan fingerprint density at radius 2 is 2.00 bits per heavy atom. The van der Waals surface area contributed by atoms with Gasteiger partial charge in [-0.1, -0.05) is 36.4 Å². The maximum Gasteiger partial charge on any atom is 0.206 e. The van der Waals surface area contributed by atoms with E-state index in [2.05, 4.69) is 9.27 Å². The fourth-order valence-electron chi connectivity index (χ4n) is 2.79. The first-order chi connectivity index (χ1) is 12.2. The van der Waals surface area contributed by atoms with Crippen LogP contribution in [0.5, 0.6) is 11.5 Å². The van der Waals surface area contributed by atoms with Crippen molar-refractivity contribution in [1.82, 2.24) is 9.36 Å². The number of rotatable bonds is 6. The Kier molecular flexibility index (Phi) is 4.28. The van der Waals surface area contributed by atoms with Gasteiger partial charge >= 0.3 is 0 Å². The Hall–Kier alpha value is -2.60. The van der Waals surface area contributed by atoms with E-state index >= 15 is 0 Å². The SMILES string of the molecule is COc1cc(CN(c2nc(-c3ccccc3)ns2)C2CC2)ccc1O. The zero-order valence-electron chi connectivity index (χ0n) is 13.9. The molecule has 0 radical (unpaired) electrons. The minimum atomic E-state index is 0.159. The summed E-state index contributed by atoms with van der Waals surface area (Å²) in [5, 5.41) is 10.7. The number of methoxy groups -OCH3 is 1. The van der Waals surface area contributed by atoms with Crippen LogP contribution in [-0.4, -0.2) is 27.6 Å². The molecule has 0 saturated heterocycles. The van der Waals surface area contributed by atoms with E-state index in [1.165, 1.54) is 24.4 Å². The summed E-state index contributed by atoms with van der Waals surface area (Å²) in [7, 11) is 1.56. The smallest absolute Gasteiger partial charge is 0.206 e. The molecule has 0 spiro atoms. The molecule has 128 valence electrons. The largest absolute Gasteiger partial charge is 0.504 e. The highest BCUT2D eigenvalue weighted by Gasteiger charge is 2.31. The van der Waals surface area contributed by atoms with Gasteiger partial charge in [-0.2, -0.15) is 9.36 Å². The highest BCUT2D eigenvalue weighted by Crippen LogP contribution is 2.36. The van der Waals surface area contributed by atoms with Crippen molar-refractivity contribution in [3.8, 4) is 22.9 Å². The molecule has 4 rings (SSSR count). The second kappa shape index (κ2) is 6.72. The van der Waals surface area contributed by atoms with Gasteiger partial charge in [0.2, 0.25) is 5.13 Å². The minimum absolute atomic E-state index is 0.159. The lowest BCUT2D eigenvalue weighted by Gasteiger charge is -2.21. The Bertz CT molecular complexity index is 862. The average Bonchev–Trinajstić information content (AvgIpc) is 3.37. The van der Waals surface area contributed by atoms with E-state index in [4.69, 9.17) is 9.72 Å². The van der Waals surface area contributed by atoms with E-state index in [0.717, 1.165) is 28.6 Å². The van der Waals surface area contributed by atoms with E-state index in [-0.39, 0.29) is 5.75 Å². The van der Waals surface area contributed by atoms with Gasteiger partial charge in [0.05, 0.1) is 7.11 Å². The molecule has 0 amide bonds. The number of benzene rings is 2. The van der Waals surface area contributed by atoms with Gasteiger partial charge in [-0.3, -0.25) is 0 Å².